The number of nitrogens with two attached hydrogens (primary N) is 1. The van der Waals surface area contributed by atoms with Crippen LogP contribution in [0.3, 0.4) is 0 Å². The van der Waals surface area contributed by atoms with Gasteiger partial charge in [-0.3, -0.25) is 0 Å². The van der Waals surface area contributed by atoms with Crippen molar-refractivity contribution in [1.82, 2.24) is 0 Å². The normalized spacial score (nSPS) is 12.3. The average Bonchev–Trinajstić information content (AvgIpc) is 2.11. The molecule has 0 fully saturated rings. The van der Waals surface area contributed by atoms with Crippen molar-refractivity contribution in [3.05, 3.63) is 11.1 Å². The molecule has 0 saturated heterocycles. The zero-order chi connectivity index (χ0) is 9.56. The van der Waals surface area contributed by atoms with Crippen molar-refractivity contribution in [3.8, 4) is 0 Å². The number of carbonyl (C=O) groups is 1. The van der Waals surface area contributed by atoms with Gasteiger partial charge in [-0.2, -0.15) is 0 Å². The molecule has 0 aliphatic rings. The van der Waals surface area contributed by atoms with Crippen LogP contribution in [0.15, 0.2) is 11.1 Å². The second-order valence-corrected chi connectivity index (χ2v) is 2.61. The molecule has 3 nitrogen and oxygen atoms in total. The first-order valence-electron chi connectivity index (χ1n) is 4.14. The molecule has 0 aromatic carbocycles. The smallest absolute Gasteiger partial charge is 0.333 e. The molecule has 2 N–H and O–H groups in total. The summed E-state index contributed by atoms with van der Waals surface area (Å²) in [6.07, 6.45) is 1.63. The molecule has 3 heteroatoms. The molecule has 0 radical (unpaired) electrons. The quantitative estimate of drug-likeness (QED) is 0.511. The number of carbonyl (C=O) groups excluding carboxylic acids is 1. The second-order valence-electron chi connectivity index (χ2n) is 2.61. The Morgan fingerprint density at radius 2 is 2.08 bits per heavy atom. The Hall–Kier alpha value is -0.830. The number of hydrogen-bond acceptors (Lipinski definition) is 3. The fraction of sp³-hybridized carbons (Fsp3) is 0.667. The first kappa shape index (κ1) is 11.2. The lowest BCUT2D eigenvalue weighted by molar-refractivity contribution is -0.136. The van der Waals surface area contributed by atoms with Crippen LogP contribution in [0.2, 0.25) is 0 Å². The summed E-state index contributed by atoms with van der Waals surface area (Å²) in [5, 5.41) is 0. The van der Waals surface area contributed by atoms with Gasteiger partial charge >= 0.3 is 5.97 Å². The number of esters is 1. The van der Waals surface area contributed by atoms with Crippen molar-refractivity contribution < 1.29 is 9.53 Å². The van der Waals surface area contributed by atoms with Crippen LogP contribution in [0.4, 0.5) is 0 Å². The van der Waals surface area contributed by atoms with E-state index in [0.29, 0.717) is 12.1 Å². The van der Waals surface area contributed by atoms with Crippen molar-refractivity contribution in [2.45, 2.75) is 26.7 Å². The lowest BCUT2D eigenvalue weighted by Crippen LogP contribution is -2.08. The van der Waals surface area contributed by atoms with Crippen LogP contribution in [-0.2, 0) is 9.53 Å². The predicted molar refractivity (Wildman–Crippen MR) is 48.7 cm³/mol. The standard InChI is InChI=1S/C9H17NO2/c1-4-8(5-6-10)7(2)9(11)12-3/h4-6,10H2,1-3H3. The van der Waals surface area contributed by atoms with Gasteiger partial charge < -0.3 is 10.5 Å². The van der Waals surface area contributed by atoms with Crippen LogP contribution in [0.25, 0.3) is 0 Å². The van der Waals surface area contributed by atoms with Gasteiger partial charge in [0.25, 0.3) is 0 Å². The Labute approximate surface area is 73.6 Å². The summed E-state index contributed by atoms with van der Waals surface area (Å²) in [5.41, 5.74) is 7.18. The maximum Gasteiger partial charge on any atom is 0.333 e. The van der Waals surface area contributed by atoms with Gasteiger partial charge in [-0.25, -0.2) is 4.79 Å². The Morgan fingerprint density at radius 1 is 1.50 bits per heavy atom. The van der Waals surface area contributed by atoms with E-state index in [9.17, 15) is 4.79 Å². The third-order valence-electron chi connectivity index (χ3n) is 1.89. The van der Waals surface area contributed by atoms with E-state index >= 15 is 0 Å². The van der Waals surface area contributed by atoms with Crippen molar-refractivity contribution in [2.75, 3.05) is 13.7 Å². The fourth-order valence-electron chi connectivity index (χ4n) is 1.10. The summed E-state index contributed by atoms with van der Waals surface area (Å²) in [6.45, 7) is 4.37. The highest BCUT2D eigenvalue weighted by atomic mass is 16.5. The Bertz CT molecular complexity index is 185. The number of methoxy groups -OCH3 is 1. The second kappa shape index (κ2) is 5.77. The first-order valence-corrected chi connectivity index (χ1v) is 4.14. The third kappa shape index (κ3) is 3.05. The van der Waals surface area contributed by atoms with Crippen LogP contribution in [-0.4, -0.2) is 19.6 Å². The summed E-state index contributed by atoms with van der Waals surface area (Å²) in [4.78, 5) is 11.1. The van der Waals surface area contributed by atoms with Crippen molar-refractivity contribution in [3.63, 3.8) is 0 Å². The Morgan fingerprint density at radius 3 is 2.42 bits per heavy atom. The molecule has 0 aromatic rings. The van der Waals surface area contributed by atoms with E-state index < -0.39 is 0 Å². The van der Waals surface area contributed by atoms with Gasteiger partial charge in [-0.05, 0) is 26.3 Å². The summed E-state index contributed by atoms with van der Waals surface area (Å²) in [5.74, 6) is -0.250. The van der Waals surface area contributed by atoms with Crippen LogP contribution in [0, 0.1) is 0 Å². The lowest BCUT2D eigenvalue weighted by atomic mass is 10.0. The summed E-state index contributed by atoms with van der Waals surface area (Å²) >= 11 is 0. The monoisotopic (exact) mass is 171 g/mol. The van der Waals surface area contributed by atoms with Crippen molar-refractivity contribution in [2.24, 2.45) is 5.73 Å². The maximum absolute atomic E-state index is 11.1. The van der Waals surface area contributed by atoms with Gasteiger partial charge in [-0.15, -0.1) is 0 Å². The van der Waals surface area contributed by atoms with Crippen LogP contribution >= 0.6 is 0 Å². The summed E-state index contributed by atoms with van der Waals surface area (Å²) in [6, 6.07) is 0. The molecule has 0 aromatic heterocycles. The highest BCUT2D eigenvalue weighted by Gasteiger charge is 2.08. The molecule has 0 bridgehead atoms. The Kier molecular flexibility index (Phi) is 5.37. The minimum Gasteiger partial charge on any atom is -0.466 e. The molecular weight excluding hydrogens is 154 g/mol. The zero-order valence-corrected chi connectivity index (χ0v) is 8.02. The maximum atomic E-state index is 11.1. The van der Waals surface area contributed by atoms with E-state index in [1.54, 1.807) is 6.92 Å². The lowest BCUT2D eigenvalue weighted by Gasteiger charge is -2.06. The van der Waals surface area contributed by atoms with Gasteiger partial charge in [-0.1, -0.05) is 12.5 Å². The minimum atomic E-state index is -0.250. The van der Waals surface area contributed by atoms with Crippen molar-refractivity contribution >= 4 is 5.97 Å². The Balaban J connectivity index is 4.47. The minimum absolute atomic E-state index is 0.250. The van der Waals surface area contributed by atoms with Crippen LogP contribution < -0.4 is 5.73 Å². The molecule has 0 rings (SSSR count). The molecule has 0 amide bonds. The van der Waals surface area contributed by atoms with E-state index in [1.807, 2.05) is 6.92 Å². The average molecular weight is 171 g/mol. The molecular formula is C9H17NO2. The van der Waals surface area contributed by atoms with Gasteiger partial charge in [0, 0.05) is 5.57 Å². The van der Waals surface area contributed by atoms with E-state index in [0.717, 1.165) is 18.4 Å². The van der Waals surface area contributed by atoms with E-state index in [1.165, 1.54) is 7.11 Å². The number of ether oxygens (including phenoxy) is 1. The van der Waals surface area contributed by atoms with E-state index in [4.69, 9.17) is 5.73 Å². The molecule has 0 aliphatic heterocycles. The van der Waals surface area contributed by atoms with Gasteiger partial charge in [0.15, 0.2) is 0 Å². The zero-order valence-electron chi connectivity index (χ0n) is 8.02. The largest absolute Gasteiger partial charge is 0.466 e. The molecule has 12 heavy (non-hydrogen) atoms. The molecule has 0 saturated carbocycles. The summed E-state index contributed by atoms with van der Waals surface area (Å²) in [7, 11) is 1.39. The van der Waals surface area contributed by atoms with Gasteiger partial charge in [0.05, 0.1) is 7.11 Å². The van der Waals surface area contributed by atoms with Crippen LogP contribution in [0.1, 0.15) is 26.7 Å². The SMILES string of the molecule is CCC(CCN)=C(C)C(=O)OC. The molecule has 0 unspecified atom stereocenters. The van der Waals surface area contributed by atoms with Crippen LogP contribution in [0.5, 0.6) is 0 Å². The number of rotatable bonds is 4. The predicted octanol–water partition coefficient (Wildman–Crippen LogP) is 1.23. The summed E-state index contributed by atoms with van der Waals surface area (Å²) < 4.78 is 4.60. The third-order valence-corrected chi connectivity index (χ3v) is 1.89. The molecule has 0 spiro atoms. The molecule has 0 aliphatic carbocycles. The highest BCUT2D eigenvalue weighted by Crippen LogP contribution is 2.12. The van der Waals surface area contributed by atoms with E-state index in [2.05, 4.69) is 4.74 Å². The van der Waals surface area contributed by atoms with Crippen molar-refractivity contribution in [1.29, 1.82) is 0 Å². The van der Waals surface area contributed by atoms with Gasteiger partial charge in [0.2, 0.25) is 0 Å². The first-order chi connectivity index (χ1) is 5.67. The molecule has 0 atom stereocenters. The topological polar surface area (TPSA) is 52.3 Å². The molecule has 70 valence electrons. The van der Waals surface area contributed by atoms with E-state index in [-0.39, 0.29) is 5.97 Å². The molecule has 0 heterocycles. The van der Waals surface area contributed by atoms with Gasteiger partial charge in [0.1, 0.15) is 0 Å². The fourth-order valence-corrected chi connectivity index (χ4v) is 1.10. The number of hydrogen-bond donors (Lipinski definition) is 1. The highest BCUT2D eigenvalue weighted by molar-refractivity contribution is 5.88.